The van der Waals surface area contributed by atoms with E-state index in [0.29, 0.717) is 11.8 Å². The van der Waals surface area contributed by atoms with E-state index in [4.69, 9.17) is 0 Å². The van der Waals surface area contributed by atoms with Gasteiger partial charge in [-0.15, -0.1) is 0 Å². The van der Waals surface area contributed by atoms with Crippen LogP contribution in [0.15, 0.2) is 46.6 Å². The van der Waals surface area contributed by atoms with E-state index >= 15 is 0 Å². The Kier molecular flexibility index (Phi) is 47.5. The standard InChI is InChI=1S/4C10H20.3CH4/c2*1-8(2)6-10(5)7-9(3)4;2*1-6-10(9(4)5)7-8(2)3;;;/h4*6,8-9H,7H2,1-5H3;3*1H4/b10-6+;10-6-;10-6+;10-6-;;;. The maximum atomic E-state index is 2.35. The Morgan fingerprint density at radius 2 is 0.605 bits per heavy atom. The quantitative estimate of drug-likeness (QED) is 0.193. The summed E-state index contributed by atoms with van der Waals surface area (Å²) < 4.78 is 0. The van der Waals surface area contributed by atoms with Crippen LogP contribution in [-0.2, 0) is 0 Å². The van der Waals surface area contributed by atoms with Gasteiger partial charge in [0.05, 0.1) is 0 Å². The van der Waals surface area contributed by atoms with Crippen molar-refractivity contribution in [3.05, 3.63) is 46.6 Å². The lowest BCUT2D eigenvalue weighted by Crippen LogP contribution is -1.98. The van der Waals surface area contributed by atoms with Crippen LogP contribution < -0.4 is 0 Å². The summed E-state index contributed by atoms with van der Waals surface area (Å²) in [4.78, 5) is 0. The fraction of sp³-hybridized carbons (Fsp3) is 0.814. The summed E-state index contributed by atoms with van der Waals surface area (Å²) in [5, 5.41) is 0. The molecule has 0 rings (SSSR count). The monoisotopic (exact) mass is 609 g/mol. The van der Waals surface area contributed by atoms with E-state index < -0.39 is 0 Å². The molecule has 0 saturated heterocycles. The molecule has 0 aliphatic rings. The number of hydrogen-bond donors (Lipinski definition) is 0. The third kappa shape index (κ3) is 50.9. The predicted octanol–water partition coefficient (Wildman–Crippen LogP) is 16.4. The van der Waals surface area contributed by atoms with Crippen molar-refractivity contribution < 1.29 is 0 Å². The van der Waals surface area contributed by atoms with E-state index in [1.165, 1.54) is 36.8 Å². The van der Waals surface area contributed by atoms with Crippen LogP contribution in [0.1, 0.15) is 186 Å². The Labute approximate surface area is 279 Å². The zero-order valence-electron chi connectivity index (χ0n) is 31.8. The molecule has 0 unspecified atom stereocenters. The normalized spacial score (nSPS) is 12.4. The molecule has 0 N–H and O–H groups in total. The van der Waals surface area contributed by atoms with E-state index in [-0.39, 0.29) is 22.3 Å². The summed E-state index contributed by atoms with van der Waals surface area (Å²) in [6.07, 6.45) is 14.2. The SMILES string of the molecule is C.C.C.C/C(=C/C(C)C)CC(C)C.C/C(=C\C(C)C)CC(C)C.C/C=C(/CC(C)C)C(C)C.C/C=C(\CC(C)C)C(C)C. The first kappa shape index (κ1) is 57.6. The van der Waals surface area contributed by atoms with Gasteiger partial charge in [-0.05, 0) is 101 Å². The molecule has 0 heterocycles. The first-order valence-electron chi connectivity index (χ1n) is 16.8. The zero-order valence-corrected chi connectivity index (χ0v) is 31.8. The third-order valence-electron chi connectivity index (χ3n) is 6.21. The maximum absolute atomic E-state index is 2.35. The minimum Gasteiger partial charge on any atom is -0.0882 e. The first-order chi connectivity index (χ1) is 18.2. The van der Waals surface area contributed by atoms with Crippen molar-refractivity contribution in [1.29, 1.82) is 0 Å². The highest BCUT2D eigenvalue weighted by molar-refractivity contribution is 5.04. The van der Waals surface area contributed by atoms with Crippen molar-refractivity contribution >= 4 is 0 Å². The second kappa shape index (κ2) is 35.4. The largest absolute Gasteiger partial charge is 0.0882 e. The Hall–Kier alpha value is -1.04. The van der Waals surface area contributed by atoms with Crippen LogP contribution in [0.25, 0.3) is 0 Å². The van der Waals surface area contributed by atoms with E-state index in [9.17, 15) is 0 Å². The van der Waals surface area contributed by atoms with E-state index in [0.717, 1.165) is 35.5 Å². The van der Waals surface area contributed by atoms with Gasteiger partial charge in [0.25, 0.3) is 0 Å². The highest BCUT2D eigenvalue weighted by atomic mass is 14.1. The van der Waals surface area contributed by atoms with Gasteiger partial charge in [-0.2, -0.15) is 0 Å². The second-order valence-electron chi connectivity index (χ2n) is 14.9. The fourth-order valence-corrected chi connectivity index (χ4v) is 4.88. The first-order valence-corrected chi connectivity index (χ1v) is 16.8. The van der Waals surface area contributed by atoms with Crippen molar-refractivity contribution in [3.8, 4) is 0 Å². The summed E-state index contributed by atoms with van der Waals surface area (Å²) in [5.74, 6) is 6.07. The average molecular weight is 609 g/mol. The average Bonchev–Trinajstić information content (AvgIpc) is 2.74. The minimum absolute atomic E-state index is 0. The maximum Gasteiger partial charge on any atom is -0.0260 e. The van der Waals surface area contributed by atoms with Crippen molar-refractivity contribution in [2.45, 2.75) is 186 Å². The molecule has 0 fully saturated rings. The number of rotatable bonds is 12. The van der Waals surface area contributed by atoms with Gasteiger partial charge in [-0.25, -0.2) is 0 Å². The predicted molar refractivity (Wildman–Crippen MR) is 212 cm³/mol. The molecule has 0 spiro atoms. The number of allylic oxidation sites excluding steroid dienone is 8. The van der Waals surface area contributed by atoms with Gasteiger partial charge in [-0.1, -0.05) is 180 Å². The molecule has 0 atom stereocenters. The van der Waals surface area contributed by atoms with E-state index in [1.54, 1.807) is 11.1 Å². The zero-order chi connectivity index (χ0) is 32.6. The lowest BCUT2D eigenvalue weighted by atomic mass is 9.94. The van der Waals surface area contributed by atoms with E-state index in [1.807, 2.05) is 0 Å². The summed E-state index contributed by atoms with van der Waals surface area (Å²) in [7, 11) is 0. The molecule has 43 heavy (non-hydrogen) atoms. The van der Waals surface area contributed by atoms with Crippen molar-refractivity contribution in [2.24, 2.45) is 47.3 Å². The molecule has 0 amide bonds. The van der Waals surface area contributed by atoms with Gasteiger partial charge < -0.3 is 0 Å². The Morgan fingerprint density at radius 1 is 0.395 bits per heavy atom. The summed E-state index contributed by atoms with van der Waals surface area (Å²) >= 11 is 0. The lowest BCUT2D eigenvalue weighted by molar-refractivity contribution is 0.586. The molecule has 0 aromatic heterocycles. The number of hydrogen-bond acceptors (Lipinski definition) is 0. The van der Waals surface area contributed by atoms with Crippen molar-refractivity contribution in [1.82, 2.24) is 0 Å². The van der Waals surface area contributed by atoms with Crippen LogP contribution in [0, 0.1) is 47.3 Å². The van der Waals surface area contributed by atoms with Crippen LogP contribution in [0.4, 0.5) is 0 Å². The Morgan fingerprint density at radius 3 is 0.698 bits per heavy atom. The summed E-state index contributed by atoms with van der Waals surface area (Å²) in [6, 6.07) is 0. The molecular formula is C43H92. The van der Waals surface area contributed by atoms with Gasteiger partial charge in [-0.3, -0.25) is 0 Å². The molecule has 0 aromatic carbocycles. The van der Waals surface area contributed by atoms with Gasteiger partial charge in [0.2, 0.25) is 0 Å². The molecule has 0 heteroatoms. The van der Waals surface area contributed by atoms with Gasteiger partial charge >= 0.3 is 0 Å². The van der Waals surface area contributed by atoms with Crippen molar-refractivity contribution in [3.63, 3.8) is 0 Å². The fourth-order valence-electron chi connectivity index (χ4n) is 4.88. The van der Waals surface area contributed by atoms with Crippen molar-refractivity contribution in [2.75, 3.05) is 0 Å². The van der Waals surface area contributed by atoms with Crippen LogP contribution >= 0.6 is 0 Å². The molecule has 0 aliphatic heterocycles. The van der Waals surface area contributed by atoms with Crippen LogP contribution in [0.2, 0.25) is 0 Å². The summed E-state index contributed by atoms with van der Waals surface area (Å²) in [6.45, 7) is 44.8. The minimum atomic E-state index is 0. The molecular weight excluding hydrogens is 516 g/mol. The lowest BCUT2D eigenvalue weighted by Gasteiger charge is -2.12. The molecule has 0 radical (unpaired) electrons. The molecule has 0 saturated carbocycles. The van der Waals surface area contributed by atoms with Gasteiger partial charge in [0, 0.05) is 0 Å². The Bertz CT molecular complexity index is 609. The van der Waals surface area contributed by atoms with Crippen LogP contribution in [-0.4, -0.2) is 0 Å². The van der Waals surface area contributed by atoms with Crippen LogP contribution in [0.5, 0.6) is 0 Å². The molecule has 0 bridgehead atoms. The summed E-state index contributed by atoms with van der Waals surface area (Å²) in [5.41, 5.74) is 6.25. The highest BCUT2D eigenvalue weighted by Crippen LogP contribution is 2.19. The van der Waals surface area contributed by atoms with Gasteiger partial charge in [0.1, 0.15) is 0 Å². The van der Waals surface area contributed by atoms with Crippen LogP contribution in [0.3, 0.4) is 0 Å². The van der Waals surface area contributed by atoms with Gasteiger partial charge in [0.15, 0.2) is 0 Å². The van der Waals surface area contributed by atoms with E-state index in [2.05, 4.69) is 163 Å². The molecule has 264 valence electrons. The topological polar surface area (TPSA) is 0 Å². The highest BCUT2D eigenvalue weighted by Gasteiger charge is 2.04. The third-order valence-corrected chi connectivity index (χ3v) is 6.21. The molecule has 0 aliphatic carbocycles. The second-order valence-corrected chi connectivity index (χ2v) is 14.9. The Balaban J connectivity index is -0.0000000785. The molecule has 0 nitrogen and oxygen atoms in total. The smallest absolute Gasteiger partial charge is 0.0260 e. The molecule has 0 aromatic rings.